The van der Waals surface area contributed by atoms with Crippen LogP contribution in [0.25, 0.3) is 11.4 Å². The van der Waals surface area contributed by atoms with Gasteiger partial charge in [-0.05, 0) is 51.2 Å². The number of nitrogens with zero attached hydrogens (tertiary/aromatic N) is 4. The van der Waals surface area contributed by atoms with Gasteiger partial charge in [0.15, 0.2) is 11.0 Å². The number of carbonyl (C=O) groups excluding carboxylic acids is 1. The summed E-state index contributed by atoms with van der Waals surface area (Å²) < 4.78 is 1.91. The summed E-state index contributed by atoms with van der Waals surface area (Å²) in [5, 5.41) is 12.0. The molecule has 7 heteroatoms. The van der Waals surface area contributed by atoms with E-state index in [0.717, 1.165) is 23.0 Å². The molecule has 138 valence electrons. The largest absolute Gasteiger partial charge is 0.355 e. The molecule has 1 amide bonds. The Hall–Kier alpha value is -2.15. The Morgan fingerprint density at radius 1 is 1.31 bits per heavy atom. The lowest BCUT2D eigenvalue weighted by molar-refractivity contribution is -0.120. The molecule has 0 aliphatic heterocycles. The highest BCUT2D eigenvalue weighted by atomic mass is 32.2. The van der Waals surface area contributed by atoms with Gasteiger partial charge in [0.1, 0.15) is 0 Å². The van der Waals surface area contributed by atoms with E-state index >= 15 is 0 Å². The molecule has 1 aliphatic carbocycles. The van der Waals surface area contributed by atoms with E-state index in [1.165, 1.54) is 43.0 Å². The molecular formula is C19H25N5OS. The summed E-state index contributed by atoms with van der Waals surface area (Å²) in [5.41, 5.74) is 2.44. The minimum Gasteiger partial charge on any atom is -0.355 e. The lowest BCUT2D eigenvalue weighted by Gasteiger charge is -2.14. The summed E-state index contributed by atoms with van der Waals surface area (Å²) in [6, 6.07) is 3.79. The van der Waals surface area contributed by atoms with Crippen molar-refractivity contribution in [2.24, 2.45) is 7.05 Å². The average molecular weight is 372 g/mol. The Bertz CT molecular complexity index is 771. The summed E-state index contributed by atoms with van der Waals surface area (Å²) in [4.78, 5) is 16.4. The second-order valence-corrected chi connectivity index (χ2v) is 7.82. The maximum atomic E-state index is 12.4. The van der Waals surface area contributed by atoms with Crippen molar-refractivity contribution >= 4 is 17.7 Å². The molecule has 1 N–H and O–H groups in total. The normalized spacial score (nSPS) is 15.4. The fourth-order valence-electron chi connectivity index (χ4n) is 3.00. The first-order valence-corrected chi connectivity index (χ1v) is 9.95. The Kier molecular flexibility index (Phi) is 6.44. The molecule has 0 bridgehead atoms. The van der Waals surface area contributed by atoms with Crippen molar-refractivity contribution in [3.63, 3.8) is 0 Å². The molecule has 0 saturated heterocycles. The van der Waals surface area contributed by atoms with E-state index < -0.39 is 0 Å². The minimum absolute atomic E-state index is 0.0415. The lowest BCUT2D eigenvalue weighted by atomic mass is 9.97. The number of nitrogens with one attached hydrogen (secondary N) is 1. The fraction of sp³-hybridized carbons (Fsp3) is 0.474. The zero-order valence-corrected chi connectivity index (χ0v) is 16.1. The molecule has 2 aromatic rings. The van der Waals surface area contributed by atoms with Crippen LogP contribution in [0, 0.1) is 0 Å². The second-order valence-electron chi connectivity index (χ2n) is 6.51. The van der Waals surface area contributed by atoms with Crippen molar-refractivity contribution < 1.29 is 4.79 Å². The van der Waals surface area contributed by atoms with Gasteiger partial charge < -0.3 is 9.88 Å². The van der Waals surface area contributed by atoms with Crippen molar-refractivity contribution in [2.75, 3.05) is 6.54 Å². The Labute approximate surface area is 158 Å². The van der Waals surface area contributed by atoms with E-state index in [9.17, 15) is 4.79 Å². The van der Waals surface area contributed by atoms with Crippen molar-refractivity contribution in [1.29, 1.82) is 0 Å². The van der Waals surface area contributed by atoms with Gasteiger partial charge in [0.05, 0.1) is 5.25 Å². The van der Waals surface area contributed by atoms with E-state index in [1.54, 1.807) is 12.4 Å². The number of thioether (sulfide) groups is 1. The highest BCUT2D eigenvalue weighted by Gasteiger charge is 2.19. The third kappa shape index (κ3) is 4.72. The zero-order valence-electron chi connectivity index (χ0n) is 15.3. The van der Waals surface area contributed by atoms with Crippen LogP contribution in [0.2, 0.25) is 0 Å². The van der Waals surface area contributed by atoms with Crippen molar-refractivity contribution in [1.82, 2.24) is 25.1 Å². The number of hydrogen-bond acceptors (Lipinski definition) is 5. The highest BCUT2D eigenvalue weighted by Crippen LogP contribution is 2.25. The van der Waals surface area contributed by atoms with Crippen LogP contribution < -0.4 is 5.32 Å². The monoisotopic (exact) mass is 371 g/mol. The maximum absolute atomic E-state index is 12.4. The summed E-state index contributed by atoms with van der Waals surface area (Å²) in [5.74, 6) is 0.812. The van der Waals surface area contributed by atoms with Gasteiger partial charge in [-0.1, -0.05) is 23.4 Å². The molecule has 26 heavy (non-hydrogen) atoms. The van der Waals surface area contributed by atoms with Crippen molar-refractivity contribution in [3.8, 4) is 11.4 Å². The van der Waals surface area contributed by atoms with E-state index in [4.69, 9.17) is 0 Å². The lowest BCUT2D eigenvalue weighted by Crippen LogP contribution is -2.32. The number of aromatic nitrogens is 4. The summed E-state index contributed by atoms with van der Waals surface area (Å²) in [6.45, 7) is 2.61. The van der Waals surface area contributed by atoms with Crippen LogP contribution in [0.4, 0.5) is 0 Å². The van der Waals surface area contributed by atoms with E-state index in [0.29, 0.717) is 6.54 Å². The molecule has 0 saturated carbocycles. The van der Waals surface area contributed by atoms with Crippen molar-refractivity contribution in [3.05, 3.63) is 36.2 Å². The van der Waals surface area contributed by atoms with E-state index in [1.807, 2.05) is 30.7 Å². The van der Waals surface area contributed by atoms with E-state index in [2.05, 4.69) is 26.6 Å². The first-order valence-electron chi connectivity index (χ1n) is 9.07. The van der Waals surface area contributed by atoms with Gasteiger partial charge in [-0.15, -0.1) is 10.2 Å². The third-order valence-corrected chi connectivity index (χ3v) is 5.69. The molecule has 0 fully saturated rings. The van der Waals surface area contributed by atoms with Gasteiger partial charge >= 0.3 is 0 Å². The average Bonchev–Trinajstić information content (AvgIpc) is 3.03. The standard InChI is InChI=1S/C19H25N5OS/c1-14(18(25)21-13-8-15-6-4-3-5-7-15)26-19-23-22-17(24(19)2)16-9-11-20-12-10-16/h6,9-12,14H,3-5,7-8,13H2,1-2H3,(H,21,25). The molecule has 1 aliphatic rings. The molecule has 0 spiro atoms. The fourth-order valence-corrected chi connectivity index (χ4v) is 3.84. The number of amides is 1. The van der Waals surface area contributed by atoms with Gasteiger partial charge in [0.2, 0.25) is 5.91 Å². The molecule has 0 aromatic carbocycles. The molecule has 1 unspecified atom stereocenters. The highest BCUT2D eigenvalue weighted by molar-refractivity contribution is 8.00. The maximum Gasteiger partial charge on any atom is 0.233 e. The van der Waals surface area contributed by atoms with Crippen LogP contribution in [0.3, 0.4) is 0 Å². The Balaban J connectivity index is 1.52. The molecule has 0 radical (unpaired) electrons. The van der Waals surface area contributed by atoms with Gasteiger partial charge in [-0.25, -0.2) is 0 Å². The first kappa shape index (κ1) is 18.6. The predicted octanol–water partition coefficient (Wildman–Crippen LogP) is 3.36. The van der Waals surface area contributed by atoms with Crippen LogP contribution in [-0.4, -0.2) is 37.5 Å². The number of rotatable bonds is 7. The van der Waals surface area contributed by atoms with Gasteiger partial charge in [0.25, 0.3) is 0 Å². The third-order valence-electron chi connectivity index (χ3n) is 4.56. The first-order chi connectivity index (χ1) is 12.6. The molecule has 6 nitrogen and oxygen atoms in total. The quantitative estimate of drug-likeness (QED) is 0.597. The Morgan fingerprint density at radius 3 is 2.85 bits per heavy atom. The van der Waals surface area contributed by atoms with Crippen LogP contribution in [-0.2, 0) is 11.8 Å². The van der Waals surface area contributed by atoms with Gasteiger partial charge in [-0.2, -0.15) is 0 Å². The topological polar surface area (TPSA) is 72.7 Å². The molecule has 2 heterocycles. The van der Waals surface area contributed by atoms with Crippen LogP contribution in [0.1, 0.15) is 39.0 Å². The summed E-state index contributed by atoms with van der Waals surface area (Å²) in [7, 11) is 1.91. The van der Waals surface area contributed by atoms with Crippen LogP contribution >= 0.6 is 11.8 Å². The number of pyridine rings is 1. The zero-order chi connectivity index (χ0) is 18.4. The number of allylic oxidation sites excluding steroid dienone is 1. The van der Waals surface area contributed by atoms with Gasteiger partial charge in [0, 0.05) is 31.5 Å². The number of carbonyl (C=O) groups is 1. The van der Waals surface area contributed by atoms with Crippen LogP contribution in [0.5, 0.6) is 0 Å². The molecule has 3 rings (SSSR count). The van der Waals surface area contributed by atoms with E-state index in [-0.39, 0.29) is 11.2 Å². The number of hydrogen-bond donors (Lipinski definition) is 1. The molecule has 2 aromatic heterocycles. The minimum atomic E-state index is -0.219. The summed E-state index contributed by atoms with van der Waals surface area (Å²) in [6.07, 6.45) is 11.7. The van der Waals surface area contributed by atoms with Crippen molar-refractivity contribution in [2.45, 2.75) is 49.4 Å². The predicted molar refractivity (Wildman–Crippen MR) is 104 cm³/mol. The Morgan fingerprint density at radius 2 is 2.12 bits per heavy atom. The second kappa shape index (κ2) is 8.98. The summed E-state index contributed by atoms with van der Waals surface area (Å²) >= 11 is 1.43. The van der Waals surface area contributed by atoms with Gasteiger partial charge in [-0.3, -0.25) is 9.78 Å². The van der Waals surface area contributed by atoms with Crippen LogP contribution in [0.15, 0.2) is 41.3 Å². The molecule has 1 atom stereocenters. The molecular weight excluding hydrogens is 346 g/mol. The SMILES string of the molecule is CC(Sc1nnc(-c2ccncc2)n1C)C(=O)NCCC1=CCCCC1. The smallest absolute Gasteiger partial charge is 0.233 e.